The molecule has 0 atom stereocenters. The molecule has 0 saturated heterocycles. The highest BCUT2D eigenvalue weighted by atomic mass is 32.2. The van der Waals surface area contributed by atoms with E-state index in [1.165, 1.54) is 25.5 Å². The van der Waals surface area contributed by atoms with Crippen molar-refractivity contribution in [2.24, 2.45) is 0 Å². The van der Waals surface area contributed by atoms with Crippen LogP contribution in [0.25, 0.3) is 0 Å². The molecule has 0 aliphatic rings. The molecule has 0 rings (SSSR count). The molecular formula is C10H20N2O4S. The minimum absolute atomic E-state index is 0.0349. The van der Waals surface area contributed by atoms with Crippen LogP contribution in [0.3, 0.4) is 0 Å². The quantitative estimate of drug-likeness (QED) is 0.488. The summed E-state index contributed by atoms with van der Waals surface area (Å²) in [4.78, 5) is 10.9. The second kappa shape index (κ2) is 6.73. The number of hydrogen-bond donors (Lipinski definition) is 0. The fourth-order valence-corrected chi connectivity index (χ4v) is 2.35. The van der Waals surface area contributed by atoms with Crippen molar-refractivity contribution in [3.8, 4) is 0 Å². The zero-order chi connectivity index (χ0) is 13.6. The molecule has 0 radical (unpaired) electrons. The lowest BCUT2D eigenvalue weighted by atomic mass is 10.4. The molecule has 0 aliphatic heterocycles. The number of rotatable bonds is 7. The van der Waals surface area contributed by atoms with Gasteiger partial charge in [-0.15, -0.1) is 0 Å². The van der Waals surface area contributed by atoms with Gasteiger partial charge in [0.1, 0.15) is 0 Å². The van der Waals surface area contributed by atoms with Crippen LogP contribution >= 0.6 is 0 Å². The van der Waals surface area contributed by atoms with Gasteiger partial charge in [0.2, 0.25) is 0 Å². The smallest absolute Gasteiger partial charge is 0.306 e. The summed E-state index contributed by atoms with van der Waals surface area (Å²) in [7, 11) is 0.623. The Kier molecular flexibility index (Phi) is 6.36. The molecule has 17 heavy (non-hydrogen) atoms. The minimum atomic E-state index is -3.54. The predicted molar refractivity (Wildman–Crippen MR) is 65.6 cm³/mol. The number of likely N-dealkylation sites (N-methyl/N-ethyl adjacent to an activating group) is 1. The maximum atomic E-state index is 11.9. The molecule has 0 amide bonds. The van der Waals surface area contributed by atoms with Gasteiger partial charge in [0.05, 0.1) is 13.5 Å². The van der Waals surface area contributed by atoms with Crippen molar-refractivity contribution in [2.75, 3.05) is 34.3 Å². The molecule has 0 spiro atoms. The third-order valence-electron chi connectivity index (χ3n) is 2.14. The molecule has 0 N–H and O–H groups in total. The van der Waals surface area contributed by atoms with E-state index in [9.17, 15) is 13.2 Å². The van der Waals surface area contributed by atoms with Gasteiger partial charge in [-0.25, -0.2) is 0 Å². The highest BCUT2D eigenvalue weighted by Crippen LogP contribution is 2.06. The fourth-order valence-electron chi connectivity index (χ4n) is 1.17. The Morgan fingerprint density at radius 1 is 1.29 bits per heavy atom. The molecule has 0 unspecified atom stereocenters. The third kappa shape index (κ3) is 5.29. The number of methoxy groups -OCH3 is 1. The number of esters is 1. The Balaban J connectivity index is 4.49. The van der Waals surface area contributed by atoms with E-state index in [1.807, 2.05) is 0 Å². The molecule has 0 heterocycles. The molecule has 100 valence electrons. The Bertz CT molecular complexity index is 378. The average Bonchev–Trinajstić information content (AvgIpc) is 2.23. The molecule has 0 aromatic carbocycles. The normalized spacial score (nSPS) is 11.9. The lowest BCUT2D eigenvalue weighted by molar-refractivity contribution is -0.140. The van der Waals surface area contributed by atoms with E-state index in [1.54, 1.807) is 6.92 Å². The summed E-state index contributed by atoms with van der Waals surface area (Å²) in [5.41, 5.74) is 0.748. The SMILES string of the molecule is C=C(C)CN(C)S(=O)(=O)N(C)CCC(=O)OC. The van der Waals surface area contributed by atoms with Gasteiger partial charge in [-0.3, -0.25) is 4.79 Å². The van der Waals surface area contributed by atoms with Crippen LogP contribution in [0.15, 0.2) is 12.2 Å². The fraction of sp³-hybridized carbons (Fsp3) is 0.700. The van der Waals surface area contributed by atoms with Crippen LogP contribution in [0.5, 0.6) is 0 Å². The highest BCUT2D eigenvalue weighted by molar-refractivity contribution is 7.86. The van der Waals surface area contributed by atoms with E-state index >= 15 is 0 Å². The summed E-state index contributed by atoms with van der Waals surface area (Å²) in [5, 5.41) is 0. The van der Waals surface area contributed by atoms with Crippen LogP contribution in [0, 0.1) is 0 Å². The maximum Gasteiger partial charge on any atom is 0.306 e. The second-order valence-corrected chi connectivity index (χ2v) is 6.01. The number of carbonyl (C=O) groups excluding carboxylic acids is 1. The van der Waals surface area contributed by atoms with Gasteiger partial charge in [-0.05, 0) is 6.92 Å². The van der Waals surface area contributed by atoms with Gasteiger partial charge in [-0.2, -0.15) is 17.0 Å². The van der Waals surface area contributed by atoms with Crippen molar-refractivity contribution in [1.82, 2.24) is 8.61 Å². The number of nitrogens with zero attached hydrogens (tertiary/aromatic N) is 2. The Morgan fingerprint density at radius 3 is 2.24 bits per heavy atom. The zero-order valence-electron chi connectivity index (χ0n) is 10.8. The van der Waals surface area contributed by atoms with Crippen molar-refractivity contribution < 1.29 is 17.9 Å². The van der Waals surface area contributed by atoms with Crippen molar-refractivity contribution in [2.45, 2.75) is 13.3 Å². The van der Waals surface area contributed by atoms with Crippen molar-refractivity contribution in [1.29, 1.82) is 0 Å². The van der Waals surface area contributed by atoms with Gasteiger partial charge >= 0.3 is 5.97 Å². The third-order valence-corrected chi connectivity index (χ3v) is 4.03. The van der Waals surface area contributed by atoms with E-state index in [-0.39, 0.29) is 19.5 Å². The Morgan fingerprint density at radius 2 is 1.82 bits per heavy atom. The molecule has 6 nitrogen and oxygen atoms in total. The molecule has 0 fully saturated rings. The van der Waals surface area contributed by atoms with Crippen LogP contribution in [-0.2, 0) is 19.7 Å². The lowest BCUT2D eigenvalue weighted by Gasteiger charge is -2.24. The van der Waals surface area contributed by atoms with Crippen LogP contribution in [0.1, 0.15) is 13.3 Å². The first-order valence-corrected chi connectivity index (χ1v) is 6.50. The van der Waals surface area contributed by atoms with Crippen molar-refractivity contribution in [3.05, 3.63) is 12.2 Å². The van der Waals surface area contributed by atoms with Crippen molar-refractivity contribution in [3.63, 3.8) is 0 Å². The zero-order valence-corrected chi connectivity index (χ0v) is 11.6. The van der Waals surface area contributed by atoms with Gasteiger partial charge < -0.3 is 4.74 Å². The first kappa shape index (κ1) is 16.1. The van der Waals surface area contributed by atoms with Crippen LogP contribution in [0.4, 0.5) is 0 Å². The summed E-state index contributed by atoms with van der Waals surface area (Å²) in [6, 6.07) is 0. The second-order valence-electron chi connectivity index (χ2n) is 3.87. The van der Waals surface area contributed by atoms with Crippen LogP contribution < -0.4 is 0 Å². The summed E-state index contributed by atoms with van der Waals surface area (Å²) < 4.78 is 30.6. The number of hydrogen-bond acceptors (Lipinski definition) is 4. The monoisotopic (exact) mass is 264 g/mol. The molecule has 0 aromatic heterocycles. The number of ether oxygens (including phenoxy) is 1. The summed E-state index contributed by atoms with van der Waals surface area (Å²) in [5.74, 6) is -0.436. The molecule has 0 bridgehead atoms. The molecule has 0 aromatic rings. The lowest BCUT2D eigenvalue weighted by Crippen LogP contribution is -2.41. The van der Waals surface area contributed by atoms with Gasteiger partial charge in [-0.1, -0.05) is 12.2 Å². The molecule has 7 heteroatoms. The van der Waals surface area contributed by atoms with E-state index in [2.05, 4.69) is 11.3 Å². The summed E-state index contributed by atoms with van der Waals surface area (Å²) in [6.45, 7) is 5.75. The standard InChI is InChI=1S/C10H20N2O4S/c1-9(2)8-12(4)17(14,15)11(3)7-6-10(13)16-5/h1,6-8H2,2-5H3. The van der Waals surface area contributed by atoms with Crippen LogP contribution in [-0.4, -0.2) is 57.3 Å². The maximum absolute atomic E-state index is 11.9. The van der Waals surface area contributed by atoms with E-state index in [0.717, 1.165) is 9.88 Å². The van der Waals surface area contributed by atoms with Crippen LogP contribution in [0.2, 0.25) is 0 Å². The highest BCUT2D eigenvalue weighted by Gasteiger charge is 2.23. The Labute approximate surface area is 103 Å². The van der Waals surface area contributed by atoms with Gasteiger partial charge in [0, 0.05) is 27.2 Å². The Hall–Kier alpha value is -0.920. The minimum Gasteiger partial charge on any atom is -0.469 e. The summed E-state index contributed by atoms with van der Waals surface area (Å²) >= 11 is 0. The number of carbonyl (C=O) groups is 1. The largest absolute Gasteiger partial charge is 0.469 e. The predicted octanol–water partition coefficient (Wildman–Crippen LogP) is 0.234. The van der Waals surface area contributed by atoms with E-state index in [4.69, 9.17) is 0 Å². The van der Waals surface area contributed by atoms with E-state index < -0.39 is 16.2 Å². The topological polar surface area (TPSA) is 66.9 Å². The van der Waals surface area contributed by atoms with E-state index in [0.29, 0.717) is 0 Å². The van der Waals surface area contributed by atoms with Gasteiger partial charge in [0.15, 0.2) is 0 Å². The molecule has 0 saturated carbocycles. The average molecular weight is 264 g/mol. The first-order chi connectivity index (χ1) is 7.71. The van der Waals surface area contributed by atoms with Crippen molar-refractivity contribution >= 4 is 16.2 Å². The summed E-state index contributed by atoms with van der Waals surface area (Å²) in [6.07, 6.45) is 0.0349. The van der Waals surface area contributed by atoms with Gasteiger partial charge in [0.25, 0.3) is 10.2 Å². The first-order valence-electron chi connectivity index (χ1n) is 5.10. The molecular weight excluding hydrogens is 244 g/mol. The molecule has 0 aliphatic carbocycles.